The molecule has 1 aromatic rings. The quantitative estimate of drug-likeness (QED) is 0.852. The van der Waals surface area contributed by atoms with Gasteiger partial charge in [0.1, 0.15) is 0 Å². The Morgan fingerprint density at radius 2 is 1.58 bits per heavy atom. The third kappa shape index (κ3) is 4.19. The third-order valence-electron chi connectivity index (χ3n) is 2.38. The van der Waals surface area contributed by atoms with Crippen molar-refractivity contribution in [1.82, 2.24) is 4.31 Å². The number of hydrogen-bond acceptors (Lipinski definition) is 4. The van der Waals surface area contributed by atoms with Gasteiger partial charge in [0.2, 0.25) is 20.0 Å². The van der Waals surface area contributed by atoms with Crippen molar-refractivity contribution in [2.75, 3.05) is 24.6 Å². The molecule has 0 bridgehead atoms. The van der Waals surface area contributed by atoms with Crippen LogP contribution < -0.4 is 4.72 Å². The van der Waals surface area contributed by atoms with Crippen LogP contribution in [0, 0.1) is 0 Å². The monoisotopic (exact) mass is 306 g/mol. The van der Waals surface area contributed by atoms with Gasteiger partial charge in [-0.15, -0.1) is 0 Å². The molecule has 6 nitrogen and oxygen atoms in total. The molecule has 108 valence electrons. The molecule has 0 saturated carbocycles. The smallest absolute Gasteiger partial charge is 0.242 e. The zero-order valence-corrected chi connectivity index (χ0v) is 12.8. The predicted octanol–water partition coefficient (Wildman–Crippen LogP) is 1.09. The number of rotatable bonds is 6. The molecule has 1 aromatic carbocycles. The molecule has 0 spiro atoms. The second-order valence-corrected chi connectivity index (χ2v) is 8.23. The Hall–Kier alpha value is -1.12. The van der Waals surface area contributed by atoms with Crippen molar-refractivity contribution in [2.24, 2.45) is 0 Å². The summed E-state index contributed by atoms with van der Waals surface area (Å²) >= 11 is 0. The largest absolute Gasteiger partial charge is 0.284 e. The number of hydrogen-bond donors (Lipinski definition) is 1. The molecule has 1 rings (SSSR count). The van der Waals surface area contributed by atoms with Crippen molar-refractivity contribution in [1.29, 1.82) is 0 Å². The van der Waals surface area contributed by atoms with Crippen molar-refractivity contribution < 1.29 is 16.8 Å². The average molecular weight is 306 g/mol. The lowest BCUT2D eigenvalue weighted by Crippen LogP contribution is -2.22. The molecule has 0 fully saturated rings. The summed E-state index contributed by atoms with van der Waals surface area (Å²) in [6.45, 7) is 1.77. The van der Waals surface area contributed by atoms with E-state index in [1.54, 1.807) is 6.92 Å². The van der Waals surface area contributed by atoms with Gasteiger partial charge in [-0.2, -0.15) is 0 Å². The van der Waals surface area contributed by atoms with Gasteiger partial charge in [0.15, 0.2) is 0 Å². The topological polar surface area (TPSA) is 83.5 Å². The maximum absolute atomic E-state index is 11.8. The lowest BCUT2D eigenvalue weighted by molar-refractivity contribution is 0.521. The summed E-state index contributed by atoms with van der Waals surface area (Å²) in [4.78, 5) is 0.121. The van der Waals surface area contributed by atoms with E-state index in [-0.39, 0.29) is 10.6 Å². The van der Waals surface area contributed by atoms with E-state index in [1.165, 1.54) is 38.4 Å². The summed E-state index contributed by atoms with van der Waals surface area (Å²) in [7, 11) is -3.98. The van der Waals surface area contributed by atoms with Crippen LogP contribution in [-0.4, -0.2) is 41.0 Å². The van der Waals surface area contributed by atoms with Gasteiger partial charge in [0.05, 0.1) is 10.6 Å². The van der Waals surface area contributed by atoms with E-state index in [1.807, 2.05) is 0 Å². The van der Waals surface area contributed by atoms with E-state index in [2.05, 4.69) is 4.72 Å². The fraction of sp³-hybridized carbons (Fsp3) is 0.455. The summed E-state index contributed by atoms with van der Waals surface area (Å²) in [5, 5.41) is 0. The minimum atomic E-state index is -3.49. The zero-order valence-electron chi connectivity index (χ0n) is 11.1. The Morgan fingerprint density at radius 1 is 1.05 bits per heavy atom. The van der Waals surface area contributed by atoms with Crippen molar-refractivity contribution in [3.05, 3.63) is 24.3 Å². The molecule has 0 aliphatic carbocycles. The first kappa shape index (κ1) is 15.9. The molecule has 0 unspecified atom stereocenters. The van der Waals surface area contributed by atoms with E-state index in [0.717, 1.165) is 4.31 Å². The molecule has 0 aromatic heterocycles. The fourth-order valence-corrected chi connectivity index (χ4v) is 3.44. The van der Waals surface area contributed by atoms with Gasteiger partial charge in [0, 0.05) is 19.8 Å². The molecule has 0 radical (unpaired) electrons. The van der Waals surface area contributed by atoms with Crippen LogP contribution in [0.3, 0.4) is 0 Å². The molecule has 0 aliphatic rings. The van der Waals surface area contributed by atoms with Crippen molar-refractivity contribution in [3.8, 4) is 0 Å². The Kier molecular flexibility index (Phi) is 4.94. The first-order chi connectivity index (χ1) is 8.69. The fourth-order valence-electron chi connectivity index (χ4n) is 1.41. The molecule has 0 saturated heterocycles. The van der Waals surface area contributed by atoms with Crippen LogP contribution in [0.1, 0.15) is 13.3 Å². The van der Waals surface area contributed by atoms with Crippen molar-refractivity contribution in [2.45, 2.75) is 18.2 Å². The molecule has 1 N–H and O–H groups in total. The molecule has 8 heteroatoms. The Balaban J connectivity index is 2.96. The van der Waals surface area contributed by atoms with Crippen LogP contribution in [-0.2, 0) is 20.0 Å². The minimum absolute atomic E-state index is 0.0325. The second kappa shape index (κ2) is 5.89. The molecule has 19 heavy (non-hydrogen) atoms. The Morgan fingerprint density at radius 3 is 2.00 bits per heavy atom. The van der Waals surface area contributed by atoms with E-state index >= 15 is 0 Å². The van der Waals surface area contributed by atoms with Gasteiger partial charge in [-0.1, -0.05) is 6.92 Å². The number of nitrogens with zero attached hydrogens (tertiary/aromatic N) is 1. The van der Waals surface area contributed by atoms with E-state index < -0.39 is 20.0 Å². The number of anilines is 1. The number of nitrogens with one attached hydrogen (secondary N) is 1. The van der Waals surface area contributed by atoms with Gasteiger partial charge in [0.25, 0.3) is 0 Å². The lowest BCUT2D eigenvalue weighted by atomic mass is 10.3. The summed E-state index contributed by atoms with van der Waals surface area (Å²) < 4.78 is 50.2. The maximum atomic E-state index is 11.8. The van der Waals surface area contributed by atoms with Gasteiger partial charge in [-0.25, -0.2) is 21.1 Å². The highest BCUT2D eigenvalue weighted by molar-refractivity contribution is 7.92. The summed E-state index contributed by atoms with van der Waals surface area (Å²) in [6, 6.07) is 5.62. The lowest BCUT2D eigenvalue weighted by Gasteiger charge is -2.12. The third-order valence-corrected chi connectivity index (χ3v) is 5.70. The van der Waals surface area contributed by atoms with E-state index in [9.17, 15) is 16.8 Å². The molecule has 0 aliphatic heterocycles. The van der Waals surface area contributed by atoms with E-state index in [4.69, 9.17) is 0 Å². The summed E-state index contributed by atoms with van der Waals surface area (Å²) in [5.74, 6) is 0.0325. The standard InChI is InChI=1S/C11H18N2O4S2/c1-4-9-18(14,15)12-10-5-7-11(8-6-10)19(16,17)13(2)3/h5-8,12H,4,9H2,1-3H3. The van der Waals surface area contributed by atoms with Crippen molar-refractivity contribution in [3.63, 3.8) is 0 Å². The first-order valence-corrected chi connectivity index (χ1v) is 8.81. The highest BCUT2D eigenvalue weighted by atomic mass is 32.2. The molecule has 0 amide bonds. The molecular weight excluding hydrogens is 288 g/mol. The highest BCUT2D eigenvalue weighted by Gasteiger charge is 2.17. The number of sulfonamides is 2. The Labute approximate surface area is 114 Å². The van der Waals surface area contributed by atoms with Gasteiger partial charge in [-0.05, 0) is 30.7 Å². The maximum Gasteiger partial charge on any atom is 0.242 e. The van der Waals surface area contributed by atoms with Crippen LogP contribution in [0.15, 0.2) is 29.2 Å². The van der Waals surface area contributed by atoms with Gasteiger partial charge >= 0.3 is 0 Å². The minimum Gasteiger partial charge on any atom is -0.284 e. The average Bonchev–Trinajstić information content (AvgIpc) is 2.28. The number of benzene rings is 1. The van der Waals surface area contributed by atoms with Crippen LogP contribution >= 0.6 is 0 Å². The first-order valence-electron chi connectivity index (χ1n) is 5.72. The van der Waals surface area contributed by atoms with Gasteiger partial charge < -0.3 is 0 Å². The van der Waals surface area contributed by atoms with E-state index in [0.29, 0.717) is 12.1 Å². The summed E-state index contributed by atoms with van der Waals surface area (Å²) in [6.07, 6.45) is 0.516. The molecule has 0 heterocycles. The second-order valence-electron chi connectivity index (χ2n) is 4.23. The predicted molar refractivity (Wildman–Crippen MR) is 75.0 cm³/mol. The SMILES string of the molecule is CCCS(=O)(=O)Nc1ccc(S(=O)(=O)N(C)C)cc1. The van der Waals surface area contributed by atoms with Crippen LogP contribution in [0.5, 0.6) is 0 Å². The van der Waals surface area contributed by atoms with Crippen LogP contribution in [0.4, 0.5) is 5.69 Å². The van der Waals surface area contributed by atoms with Crippen molar-refractivity contribution >= 4 is 25.7 Å². The van der Waals surface area contributed by atoms with Gasteiger partial charge in [-0.3, -0.25) is 4.72 Å². The van der Waals surface area contributed by atoms with Crippen LogP contribution in [0.25, 0.3) is 0 Å². The zero-order chi connectivity index (χ0) is 14.7. The normalized spacial score (nSPS) is 12.6. The summed E-state index contributed by atoms with van der Waals surface area (Å²) in [5.41, 5.74) is 0.353. The molecular formula is C11H18N2O4S2. The van der Waals surface area contributed by atoms with Crippen LogP contribution in [0.2, 0.25) is 0 Å². The Bertz CT molecular complexity index is 619. The molecule has 0 atom stereocenters. The highest BCUT2D eigenvalue weighted by Crippen LogP contribution is 2.17.